The second-order valence-corrected chi connectivity index (χ2v) is 13.7. The molecule has 3 unspecified atom stereocenters. The fraction of sp³-hybridized carbons (Fsp3) is 0.543. The summed E-state index contributed by atoms with van der Waals surface area (Å²) in [6.45, 7) is 12.1. The molecule has 0 heterocycles. The Hall–Kier alpha value is -3.57. The van der Waals surface area contributed by atoms with Crippen LogP contribution in [0.15, 0.2) is 54.6 Å². The zero-order chi connectivity index (χ0) is 35.7. The number of carbonyl (C=O) groups is 4. The van der Waals surface area contributed by atoms with Crippen LogP contribution in [0.2, 0.25) is 0 Å². The highest BCUT2D eigenvalue weighted by molar-refractivity contribution is 7.53. The summed E-state index contributed by atoms with van der Waals surface area (Å²) < 4.78 is 42.0. The highest BCUT2D eigenvalue weighted by atomic mass is 31.2. The van der Waals surface area contributed by atoms with Gasteiger partial charge in [0.25, 0.3) is 0 Å². The number of carbonyl (C=O) groups excluding carboxylic acids is 4. The van der Waals surface area contributed by atoms with Crippen molar-refractivity contribution >= 4 is 31.4 Å². The maximum absolute atomic E-state index is 14.5. The molecule has 0 fully saturated rings. The van der Waals surface area contributed by atoms with Crippen molar-refractivity contribution in [1.82, 2.24) is 10.6 Å². The van der Waals surface area contributed by atoms with E-state index in [0.717, 1.165) is 16.7 Å². The van der Waals surface area contributed by atoms with Crippen molar-refractivity contribution in [1.29, 1.82) is 0 Å². The molecule has 0 radical (unpaired) electrons. The lowest BCUT2D eigenvalue weighted by atomic mass is 10.0. The third kappa shape index (κ3) is 14.3. The van der Waals surface area contributed by atoms with Gasteiger partial charge in [0.15, 0.2) is 0 Å². The van der Waals surface area contributed by atoms with Gasteiger partial charge in [-0.15, -0.1) is 0 Å². The molecule has 12 nitrogen and oxygen atoms in total. The number of hydrogen-bond donors (Lipinski definition) is 2. The summed E-state index contributed by atoms with van der Waals surface area (Å²) >= 11 is 0. The molecule has 2 N–H and O–H groups in total. The number of benzene rings is 2. The fourth-order valence-corrected chi connectivity index (χ4v) is 6.07. The summed E-state index contributed by atoms with van der Waals surface area (Å²) in [6.07, 6.45) is -2.71. The highest BCUT2D eigenvalue weighted by Gasteiger charge is 2.38. The Morgan fingerprint density at radius 1 is 0.729 bits per heavy atom. The molecule has 0 aliphatic carbocycles. The lowest BCUT2D eigenvalue weighted by molar-refractivity contribution is -0.178. The maximum Gasteiger partial charge on any atom is 0.350 e. The van der Waals surface area contributed by atoms with Crippen molar-refractivity contribution in [2.45, 2.75) is 92.8 Å². The molecular formula is C35H51N2O10P. The summed E-state index contributed by atoms with van der Waals surface area (Å²) in [5.41, 5.74) is 2.84. The van der Waals surface area contributed by atoms with Crippen molar-refractivity contribution in [3.05, 3.63) is 60.2 Å². The Bertz CT molecular complexity index is 1310. The van der Waals surface area contributed by atoms with Crippen LogP contribution in [0.4, 0.5) is 0 Å². The second kappa shape index (κ2) is 20.7. The lowest BCUT2D eigenvalue weighted by Gasteiger charge is -2.31. The molecule has 0 bridgehead atoms. The number of ether oxygens (including phenoxy) is 3. The van der Waals surface area contributed by atoms with Crippen LogP contribution in [0.1, 0.15) is 73.3 Å². The highest BCUT2D eigenvalue weighted by Crippen LogP contribution is 2.51. The first kappa shape index (κ1) is 40.6. The van der Waals surface area contributed by atoms with Crippen molar-refractivity contribution in [3.63, 3.8) is 0 Å². The second-order valence-electron chi connectivity index (χ2n) is 11.8. The first-order chi connectivity index (χ1) is 22.8. The molecule has 1 amide bonds. The van der Waals surface area contributed by atoms with Crippen molar-refractivity contribution in [3.8, 4) is 11.1 Å². The van der Waals surface area contributed by atoms with Crippen LogP contribution in [0.3, 0.4) is 0 Å². The van der Waals surface area contributed by atoms with Gasteiger partial charge in [0.2, 0.25) is 18.5 Å². The minimum absolute atomic E-state index is 0.0260. The smallest absolute Gasteiger partial charge is 0.350 e. The molecule has 0 aliphatic heterocycles. The van der Waals surface area contributed by atoms with E-state index in [9.17, 15) is 23.7 Å². The van der Waals surface area contributed by atoms with Crippen LogP contribution in [0.5, 0.6) is 0 Å². The molecule has 0 spiro atoms. The Morgan fingerprint density at radius 3 is 1.73 bits per heavy atom. The van der Waals surface area contributed by atoms with Crippen LogP contribution in [0.25, 0.3) is 11.1 Å². The quantitative estimate of drug-likeness (QED) is 0.0688. The average molecular weight is 691 g/mol. The zero-order valence-corrected chi connectivity index (χ0v) is 30.0. The molecule has 0 aliphatic rings. The molecule has 2 aromatic rings. The van der Waals surface area contributed by atoms with Crippen molar-refractivity contribution in [2.24, 2.45) is 11.8 Å². The number of hydrogen-bond acceptors (Lipinski definition) is 11. The fourth-order valence-electron chi connectivity index (χ4n) is 4.22. The summed E-state index contributed by atoms with van der Waals surface area (Å²) in [4.78, 5) is 49.7. The normalized spacial score (nSPS) is 14.4. The van der Waals surface area contributed by atoms with E-state index in [1.165, 1.54) is 0 Å². The molecule has 0 saturated heterocycles. The Kier molecular flexibility index (Phi) is 17.5. The summed E-state index contributed by atoms with van der Waals surface area (Å²) in [5.74, 6) is -2.88. The standard InChI is InChI=1S/C35H51N2O10P/c1-8-30(38)44-34(24(4)5)46-48(42,47-35(25(6)7)45-31(39)9-2)23-37-29(33(41)36-21-20-32(40)43-10-3)22-26-16-18-28(19-17-26)27-14-12-11-13-15-27/h11-19,24-25,29,34-35,37H,8-10,20-23H2,1-7H3,(H,36,41). The van der Waals surface area contributed by atoms with Gasteiger partial charge in [0.05, 0.1) is 25.4 Å². The topological polar surface area (TPSA) is 156 Å². The minimum Gasteiger partial charge on any atom is -0.466 e. The van der Waals surface area contributed by atoms with E-state index in [1.54, 1.807) is 48.5 Å². The van der Waals surface area contributed by atoms with Gasteiger partial charge in [-0.1, -0.05) is 96.1 Å². The van der Waals surface area contributed by atoms with Gasteiger partial charge in [0, 0.05) is 31.2 Å². The van der Waals surface area contributed by atoms with Crippen LogP contribution < -0.4 is 10.6 Å². The monoisotopic (exact) mass is 690 g/mol. The Morgan fingerprint density at radius 2 is 1.25 bits per heavy atom. The Balaban J connectivity index is 2.38. The van der Waals surface area contributed by atoms with Gasteiger partial charge in [-0.2, -0.15) is 0 Å². The summed E-state index contributed by atoms with van der Waals surface area (Å²) in [7, 11) is -4.29. The van der Waals surface area contributed by atoms with E-state index in [2.05, 4.69) is 10.6 Å². The molecule has 2 aromatic carbocycles. The van der Waals surface area contributed by atoms with E-state index in [0.29, 0.717) is 0 Å². The number of nitrogens with one attached hydrogen (secondary N) is 2. The van der Waals surface area contributed by atoms with Crippen LogP contribution >= 0.6 is 7.60 Å². The molecule has 266 valence electrons. The van der Waals surface area contributed by atoms with Crippen molar-refractivity contribution < 1.29 is 47.0 Å². The van der Waals surface area contributed by atoms with Gasteiger partial charge in [-0.3, -0.25) is 38.1 Å². The predicted octanol–water partition coefficient (Wildman–Crippen LogP) is 5.98. The maximum atomic E-state index is 14.5. The summed E-state index contributed by atoms with van der Waals surface area (Å²) in [6, 6.07) is 16.6. The molecule has 0 saturated carbocycles. The number of rotatable bonds is 21. The summed E-state index contributed by atoms with van der Waals surface area (Å²) in [5, 5.41) is 5.76. The first-order valence-corrected chi connectivity index (χ1v) is 18.2. The minimum atomic E-state index is -4.29. The van der Waals surface area contributed by atoms with Gasteiger partial charge in [0.1, 0.15) is 0 Å². The SMILES string of the molecule is CCOC(=O)CCNC(=O)C(Cc1ccc(-c2ccccc2)cc1)NCP(=O)(OC(OC(=O)CC)C(C)C)OC(OC(=O)CC)C(C)C. The van der Waals surface area contributed by atoms with E-state index in [1.807, 2.05) is 54.6 Å². The molecule has 0 aromatic heterocycles. The van der Waals surface area contributed by atoms with Gasteiger partial charge in [-0.05, 0) is 30.0 Å². The van der Waals surface area contributed by atoms with Crippen LogP contribution in [0, 0.1) is 11.8 Å². The molecule has 2 rings (SSSR count). The molecule has 3 atom stereocenters. The van der Waals surface area contributed by atoms with E-state index >= 15 is 0 Å². The van der Waals surface area contributed by atoms with Crippen LogP contribution in [-0.4, -0.2) is 61.9 Å². The van der Waals surface area contributed by atoms with Gasteiger partial charge < -0.3 is 19.5 Å². The van der Waals surface area contributed by atoms with Crippen molar-refractivity contribution in [2.75, 3.05) is 19.4 Å². The first-order valence-electron chi connectivity index (χ1n) is 16.5. The number of esters is 3. The van der Waals surface area contributed by atoms with Gasteiger partial charge >= 0.3 is 25.5 Å². The molecule has 48 heavy (non-hydrogen) atoms. The van der Waals surface area contributed by atoms with E-state index in [4.69, 9.17) is 23.3 Å². The predicted molar refractivity (Wildman–Crippen MR) is 181 cm³/mol. The largest absolute Gasteiger partial charge is 0.466 e. The van der Waals surface area contributed by atoms with Crippen LogP contribution in [-0.2, 0) is 53.4 Å². The third-order valence-electron chi connectivity index (χ3n) is 6.97. The average Bonchev–Trinajstić information content (AvgIpc) is 3.06. The molecule has 13 heteroatoms. The molecular weight excluding hydrogens is 639 g/mol. The number of amides is 1. The van der Waals surface area contributed by atoms with E-state index in [-0.39, 0.29) is 38.8 Å². The third-order valence-corrected chi connectivity index (χ3v) is 8.60. The van der Waals surface area contributed by atoms with E-state index < -0.39 is 68.2 Å². The lowest BCUT2D eigenvalue weighted by Crippen LogP contribution is -2.47. The van der Waals surface area contributed by atoms with Gasteiger partial charge in [-0.25, -0.2) is 0 Å². The zero-order valence-electron chi connectivity index (χ0n) is 29.1. The Labute approximate surface area is 284 Å².